The number of imide groups is 2. The Morgan fingerprint density at radius 3 is 2.39 bits per heavy atom. The Kier molecular flexibility index (Phi) is 6.68. The molecule has 0 bridgehead atoms. The van der Waals surface area contributed by atoms with Crippen molar-refractivity contribution in [1.82, 2.24) is 14.5 Å². The summed E-state index contributed by atoms with van der Waals surface area (Å²) in [7, 11) is -3.30. The minimum absolute atomic E-state index is 0.191. The highest BCUT2D eigenvalue weighted by Gasteiger charge is 2.47. The monoisotopic (exact) mass is 463 g/mol. The van der Waals surface area contributed by atoms with Crippen LogP contribution < -0.4 is 4.72 Å². The summed E-state index contributed by atoms with van der Waals surface area (Å²) in [6, 6.07) is 10.6. The van der Waals surface area contributed by atoms with Crippen LogP contribution in [-0.2, 0) is 26.0 Å². The Hall–Kier alpha value is -2.89. The van der Waals surface area contributed by atoms with Crippen LogP contribution in [0, 0.1) is 0 Å². The van der Waals surface area contributed by atoms with Crippen molar-refractivity contribution in [1.29, 1.82) is 0 Å². The average Bonchev–Trinajstić information content (AvgIpc) is 3.26. The first-order chi connectivity index (χ1) is 14.6. The summed E-state index contributed by atoms with van der Waals surface area (Å²) in [5, 5.41) is 0. The minimum atomic E-state index is -3.30. The van der Waals surface area contributed by atoms with Crippen molar-refractivity contribution in [2.75, 3.05) is 19.3 Å². The van der Waals surface area contributed by atoms with Gasteiger partial charge in [0.15, 0.2) is 5.78 Å². The number of carbonyl (C=O) groups is 4. The molecule has 1 aliphatic rings. The summed E-state index contributed by atoms with van der Waals surface area (Å²) in [6.45, 7) is 1.29. The first-order valence-corrected chi connectivity index (χ1v) is 12.1. The fourth-order valence-electron chi connectivity index (χ4n) is 3.13. The zero-order valence-corrected chi connectivity index (χ0v) is 18.5. The summed E-state index contributed by atoms with van der Waals surface area (Å²) in [5.41, 5.74) is 0.691. The molecule has 9 nitrogen and oxygen atoms in total. The molecule has 0 aliphatic carbocycles. The number of Topliss-reactive ketones (excluding diaryl/α,β-unsaturated/α-hetero) is 1. The van der Waals surface area contributed by atoms with Gasteiger partial charge in [0, 0.05) is 11.4 Å². The van der Waals surface area contributed by atoms with Crippen molar-refractivity contribution in [2.24, 2.45) is 0 Å². The topological polar surface area (TPSA) is 121 Å². The Labute approximate surface area is 183 Å². The molecule has 164 valence electrons. The van der Waals surface area contributed by atoms with E-state index in [2.05, 4.69) is 4.72 Å². The molecule has 1 unspecified atom stereocenters. The summed E-state index contributed by atoms with van der Waals surface area (Å²) in [6.07, 6.45) is 1.46. The van der Waals surface area contributed by atoms with Crippen LogP contribution in [0.4, 0.5) is 4.79 Å². The van der Waals surface area contributed by atoms with Gasteiger partial charge in [0.2, 0.25) is 10.0 Å². The third-order valence-electron chi connectivity index (χ3n) is 4.73. The number of sulfonamides is 1. The molecule has 0 saturated carbocycles. The molecule has 1 aromatic carbocycles. The number of urea groups is 1. The van der Waals surface area contributed by atoms with E-state index in [9.17, 15) is 27.6 Å². The maximum absolute atomic E-state index is 12.7. The number of rotatable bonds is 9. The van der Waals surface area contributed by atoms with Crippen LogP contribution in [0.5, 0.6) is 0 Å². The summed E-state index contributed by atoms with van der Waals surface area (Å²) in [5.74, 6) is -2.47. The summed E-state index contributed by atoms with van der Waals surface area (Å²) < 4.78 is 24.6. The van der Waals surface area contributed by atoms with Gasteiger partial charge in [0.25, 0.3) is 0 Å². The van der Waals surface area contributed by atoms with Crippen molar-refractivity contribution in [3.8, 4) is 0 Å². The highest BCUT2D eigenvalue weighted by Crippen LogP contribution is 2.27. The van der Waals surface area contributed by atoms with Gasteiger partial charge >= 0.3 is 17.8 Å². The third-order valence-corrected chi connectivity index (χ3v) is 6.64. The Balaban J connectivity index is 1.67. The maximum atomic E-state index is 12.7. The van der Waals surface area contributed by atoms with Crippen LogP contribution in [-0.4, -0.2) is 61.2 Å². The molecule has 11 heteroatoms. The molecule has 0 spiro atoms. The number of benzene rings is 1. The third kappa shape index (κ3) is 5.24. The fraction of sp³-hybridized carbons (Fsp3) is 0.300. The van der Waals surface area contributed by atoms with Crippen LogP contribution >= 0.6 is 11.3 Å². The van der Waals surface area contributed by atoms with E-state index in [-0.39, 0.29) is 6.54 Å². The molecule has 31 heavy (non-hydrogen) atoms. The van der Waals surface area contributed by atoms with Crippen LogP contribution in [0.25, 0.3) is 0 Å². The van der Waals surface area contributed by atoms with Gasteiger partial charge in [-0.1, -0.05) is 30.3 Å². The number of hydrogen-bond acceptors (Lipinski definition) is 7. The highest BCUT2D eigenvalue weighted by atomic mass is 32.2. The smallest absolute Gasteiger partial charge is 0.291 e. The van der Waals surface area contributed by atoms with Crippen molar-refractivity contribution in [3.63, 3.8) is 0 Å². The van der Waals surface area contributed by atoms with Crippen molar-refractivity contribution >= 4 is 45.0 Å². The lowest BCUT2D eigenvalue weighted by molar-refractivity contribution is -0.143. The van der Waals surface area contributed by atoms with Gasteiger partial charge in [-0.3, -0.25) is 14.4 Å². The number of nitrogens with one attached hydrogen (secondary N) is 1. The number of amides is 4. The lowest BCUT2D eigenvalue weighted by Gasteiger charge is -2.22. The molecule has 1 saturated heterocycles. The van der Waals surface area contributed by atoms with Crippen LogP contribution in [0.2, 0.25) is 0 Å². The van der Waals surface area contributed by atoms with Gasteiger partial charge in [-0.15, -0.1) is 11.3 Å². The molecule has 1 N–H and O–H groups in total. The van der Waals surface area contributed by atoms with E-state index >= 15 is 0 Å². The molecule has 4 amide bonds. The summed E-state index contributed by atoms with van der Waals surface area (Å²) in [4.78, 5) is 52.8. The Bertz CT molecular complexity index is 1130. The molecule has 2 aromatic rings. The van der Waals surface area contributed by atoms with Gasteiger partial charge in [-0.05, 0) is 31.0 Å². The van der Waals surface area contributed by atoms with Crippen LogP contribution in [0.3, 0.4) is 0 Å². The van der Waals surface area contributed by atoms with E-state index in [0.29, 0.717) is 21.8 Å². The number of ketones is 1. The first-order valence-electron chi connectivity index (χ1n) is 9.39. The second-order valence-electron chi connectivity index (χ2n) is 7.04. The van der Waals surface area contributed by atoms with E-state index in [1.54, 1.807) is 49.4 Å². The van der Waals surface area contributed by atoms with Crippen LogP contribution in [0.15, 0.2) is 42.5 Å². The number of nitrogens with zero attached hydrogens (tertiary/aromatic N) is 2. The zero-order valence-electron chi connectivity index (χ0n) is 16.9. The number of carbonyl (C=O) groups excluding carboxylic acids is 4. The first kappa shape index (κ1) is 22.8. The molecule has 3 rings (SSSR count). The van der Waals surface area contributed by atoms with Crippen molar-refractivity contribution in [3.05, 3.63) is 57.8 Å². The maximum Gasteiger partial charge on any atom is 0.335 e. The molecule has 1 aromatic heterocycles. The predicted molar refractivity (Wildman–Crippen MR) is 114 cm³/mol. The molecule has 0 radical (unpaired) electrons. The summed E-state index contributed by atoms with van der Waals surface area (Å²) >= 11 is 1.15. The van der Waals surface area contributed by atoms with E-state index in [4.69, 9.17) is 0 Å². The molecule has 1 fully saturated rings. The molecule has 1 aliphatic heterocycles. The largest absolute Gasteiger partial charge is 0.335 e. The van der Waals surface area contributed by atoms with Crippen molar-refractivity contribution in [2.45, 2.75) is 19.4 Å². The quantitative estimate of drug-likeness (QED) is 0.342. The van der Waals surface area contributed by atoms with Crippen molar-refractivity contribution < 1.29 is 27.6 Å². The second kappa shape index (κ2) is 9.08. The predicted octanol–water partition coefficient (Wildman–Crippen LogP) is 1.57. The molecular weight excluding hydrogens is 442 g/mol. The molecule has 2 heterocycles. The molecular formula is C20H21N3O6S2. The lowest BCUT2D eigenvalue weighted by Crippen LogP contribution is -2.37. The van der Waals surface area contributed by atoms with Gasteiger partial charge < -0.3 is 0 Å². The van der Waals surface area contributed by atoms with Gasteiger partial charge in [0.05, 0.1) is 23.7 Å². The van der Waals surface area contributed by atoms with Gasteiger partial charge in [-0.25, -0.2) is 27.7 Å². The Morgan fingerprint density at radius 1 is 1.06 bits per heavy atom. The second-order valence-corrected chi connectivity index (χ2v) is 10.0. The highest BCUT2D eigenvalue weighted by molar-refractivity contribution is 7.88. The average molecular weight is 464 g/mol. The van der Waals surface area contributed by atoms with Gasteiger partial charge in [-0.2, -0.15) is 0 Å². The van der Waals surface area contributed by atoms with E-state index in [1.807, 2.05) is 0 Å². The Morgan fingerprint density at radius 2 is 1.74 bits per heavy atom. The number of hydrogen-bond donors (Lipinski definition) is 1. The fourth-order valence-corrected chi connectivity index (χ4v) is 4.54. The minimum Gasteiger partial charge on any atom is -0.291 e. The van der Waals surface area contributed by atoms with Gasteiger partial charge in [0.1, 0.15) is 0 Å². The standard InChI is InChI=1S/C20H21N3O6S2/c1-13(14-6-4-3-5-7-14)23-19(26)18(25)22(20(23)27)12-16(24)17-9-8-15(30-17)10-11-21-31(2,28)29/h3-9,13,21H,10-12H2,1-2H3. The SMILES string of the molecule is CC(c1ccccc1)N1C(=O)C(=O)N(CC(=O)c2ccc(CCNS(C)(=O)=O)s2)C1=O. The van der Waals surface area contributed by atoms with Crippen LogP contribution in [0.1, 0.15) is 33.1 Å². The number of thiophene rings is 1. The molecule has 1 atom stereocenters. The van der Waals surface area contributed by atoms with E-state index < -0.39 is 46.2 Å². The van der Waals surface area contributed by atoms with E-state index in [0.717, 1.165) is 27.4 Å². The normalized spacial score (nSPS) is 15.6. The lowest BCUT2D eigenvalue weighted by atomic mass is 10.1. The van der Waals surface area contributed by atoms with E-state index in [1.165, 1.54) is 0 Å². The zero-order chi connectivity index (χ0) is 22.8.